The van der Waals surface area contributed by atoms with Gasteiger partial charge in [0, 0.05) is 5.56 Å². The summed E-state index contributed by atoms with van der Waals surface area (Å²) in [6.07, 6.45) is 10.1. The first-order chi connectivity index (χ1) is 11.5. The first-order valence-corrected chi connectivity index (χ1v) is 10.0. The van der Waals surface area contributed by atoms with Crippen molar-refractivity contribution in [3.05, 3.63) is 23.3 Å². The zero-order valence-electron chi connectivity index (χ0n) is 17.4. The van der Waals surface area contributed by atoms with Crippen LogP contribution in [-0.2, 0) is 12.8 Å². The zero-order valence-corrected chi connectivity index (χ0v) is 17.4. The molecule has 0 amide bonds. The van der Waals surface area contributed by atoms with Crippen molar-refractivity contribution in [1.82, 2.24) is 0 Å². The quantitative estimate of drug-likeness (QED) is 0.372. The molecule has 2 heteroatoms. The number of hydrogen-bond acceptors (Lipinski definition) is 2. The zero-order chi connectivity index (χ0) is 19.1. The molecular formula is C23H40O2. The molecule has 0 radical (unpaired) electrons. The highest BCUT2D eigenvalue weighted by atomic mass is 16.3. The minimum atomic E-state index is 0.0168. The Morgan fingerprint density at radius 2 is 1.20 bits per heavy atom. The summed E-state index contributed by atoms with van der Waals surface area (Å²) in [4.78, 5) is 0. The molecule has 0 heterocycles. The van der Waals surface area contributed by atoms with Gasteiger partial charge >= 0.3 is 0 Å². The summed E-state index contributed by atoms with van der Waals surface area (Å²) in [5.41, 5.74) is 2.95. The number of phenolic OH excluding ortho intramolecular Hbond substituents is 2. The number of phenols is 2. The van der Waals surface area contributed by atoms with Crippen molar-refractivity contribution in [2.24, 2.45) is 10.8 Å². The van der Waals surface area contributed by atoms with Crippen molar-refractivity contribution >= 4 is 0 Å². The molecule has 0 spiro atoms. The highest BCUT2D eigenvalue weighted by Crippen LogP contribution is 2.34. The van der Waals surface area contributed by atoms with Crippen molar-refractivity contribution in [3.8, 4) is 11.5 Å². The molecule has 0 bridgehead atoms. The second-order valence-electron chi connectivity index (χ2n) is 9.96. The van der Waals surface area contributed by atoms with E-state index in [1.807, 2.05) is 6.07 Å². The SMILES string of the molecule is CC(C)(C)CCCCCc1c(CCCCC(C)(C)C)ccc(O)c1O. The van der Waals surface area contributed by atoms with Crippen LogP contribution in [0, 0.1) is 10.8 Å². The molecule has 0 atom stereocenters. The highest BCUT2D eigenvalue weighted by molar-refractivity contribution is 5.49. The number of unbranched alkanes of at least 4 members (excludes halogenated alkanes) is 3. The topological polar surface area (TPSA) is 40.5 Å². The Morgan fingerprint density at radius 1 is 0.680 bits per heavy atom. The van der Waals surface area contributed by atoms with Gasteiger partial charge in [0.1, 0.15) is 0 Å². The van der Waals surface area contributed by atoms with E-state index < -0.39 is 0 Å². The van der Waals surface area contributed by atoms with Crippen molar-refractivity contribution in [1.29, 1.82) is 0 Å². The van der Waals surface area contributed by atoms with E-state index in [2.05, 4.69) is 41.5 Å². The van der Waals surface area contributed by atoms with Crippen LogP contribution in [0.2, 0.25) is 0 Å². The lowest BCUT2D eigenvalue weighted by atomic mass is 9.88. The summed E-state index contributed by atoms with van der Waals surface area (Å²) in [5.74, 6) is 0.118. The number of rotatable bonds is 9. The second-order valence-corrected chi connectivity index (χ2v) is 9.96. The highest BCUT2D eigenvalue weighted by Gasteiger charge is 2.14. The standard InChI is InChI=1S/C23H40O2/c1-22(2,3)16-10-7-8-13-19-18(14-15-20(24)21(19)25)12-9-11-17-23(4,5)6/h14-15,24-25H,7-13,16-17H2,1-6H3. The van der Waals surface area contributed by atoms with Crippen LogP contribution in [0.25, 0.3) is 0 Å². The van der Waals surface area contributed by atoms with Crippen molar-refractivity contribution in [2.75, 3.05) is 0 Å². The van der Waals surface area contributed by atoms with Crippen LogP contribution in [0.1, 0.15) is 97.6 Å². The Labute approximate surface area is 155 Å². The van der Waals surface area contributed by atoms with Gasteiger partial charge in [0.2, 0.25) is 0 Å². The van der Waals surface area contributed by atoms with Gasteiger partial charge in [0.15, 0.2) is 11.5 Å². The van der Waals surface area contributed by atoms with Crippen molar-refractivity contribution < 1.29 is 10.2 Å². The maximum Gasteiger partial charge on any atom is 0.160 e. The van der Waals surface area contributed by atoms with Gasteiger partial charge in [-0.25, -0.2) is 0 Å². The minimum Gasteiger partial charge on any atom is -0.504 e. The van der Waals surface area contributed by atoms with Crippen LogP contribution in [0.3, 0.4) is 0 Å². The molecule has 144 valence electrons. The summed E-state index contributed by atoms with van der Waals surface area (Å²) in [6, 6.07) is 3.63. The van der Waals surface area contributed by atoms with Crippen LogP contribution in [0.5, 0.6) is 11.5 Å². The molecule has 0 saturated carbocycles. The first kappa shape index (κ1) is 21.9. The Morgan fingerprint density at radius 3 is 1.76 bits per heavy atom. The molecule has 0 aliphatic carbocycles. The fourth-order valence-electron chi connectivity index (χ4n) is 3.28. The molecule has 0 unspecified atom stereocenters. The molecule has 25 heavy (non-hydrogen) atoms. The molecule has 1 rings (SSSR count). The number of aromatic hydroxyl groups is 2. The molecule has 0 aromatic heterocycles. The van der Waals surface area contributed by atoms with E-state index in [0.717, 1.165) is 31.2 Å². The molecule has 2 N–H and O–H groups in total. The van der Waals surface area contributed by atoms with Crippen LogP contribution < -0.4 is 0 Å². The van der Waals surface area contributed by atoms with Crippen molar-refractivity contribution in [2.45, 2.75) is 99.3 Å². The largest absolute Gasteiger partial charge is 0.504 e. The number of benzene rings is 1. The Kier molecular flexibility index (Phi) is 8.31. The van der Waals surface area contributed by atoms with Crippen LogP contribution in [-0.4, -0.2) is 10.2 Å². The van der Waals surface area contributed by atoms with Crippen LogP contribution in [0.15, 0.2) is 12.1 Å². The molecule has 0 fully saturated rings. The smallest absolute Gasteiger partial charge is 0.160 e. The Hall–Kier alpha value is -1.18. The lowest BCUT2D eigenvalue weighted by Gasteiger charge is -2.18. The minimum absolute atomic E-state index is 0.0168. The van der Waals surface area contributed by atoms with E-state index in [9.17, 15) is 10.2 Å². The van der Waals surface area contributed by atoms with Gasteiger partial charge in [-0.05, 0) is 61.0 Å². The van der Waals surface area contributed by atoms with Crippen molar-refractivity contribution in [3.63, 3.8) is 0 Å². The third kappa shape index (κ3) is 9.18. The monoisotopic (exact) mass is 348 g/mol. The Bertz CT molecular complexity index is 518. The van der Waals surface area contributed by atoms with E-state index in [4.69, 9.17) is 0 Å². The average Bonchev–Trinajstić information content (AvgIpc) is 2.46. The molecule has 1 aromatic rings. The average molecular weight is 349 g/mol. The van der Waals surface area contributed by atoms with Gasteiger partial charge in [-0.3, -0.25) is 0 Å². The number of aryl methyl sites for hydroxylation is 1. The fraction of sp³-hybridized carbons (Fsp3) is 0.739. The molecule has 0 aliphatic heterocycles. The summed E-state index contributed by atoms with van der Waals surface area (Å²) in [6.45, 7) is 13.7. The van der Waals surface area contributed by atoms with Crippen LogP contribution in [0.4, 0.5) is 0 Å². The predicted octanol–water partition coefficient (Wildman–Crippen LogP) is 7.01. The van der Waals surface area contributed by atoms with E-state index in [0.29, 0.717) is 10.8 Å². The van der Waals surface area contributed by atoms with E-state index in [-0.39, 0.29) is 11.5 Å². The normalized spacial score (nSPS) is 12.6. The van der Waals surface area contributed by atoms with Gasteiger partial charge in [-0.1, -0.05) is 66.9 Å². The van der Waals surface area contributed by atoms with Gasteiger partial charge in [0.25, 0.3) is 0 Å². The van der Waals surface area contributed by atoms with Gasteiger partial charge in [-0.15, -0.1) is 0 Å². The molecule has 2 nitrogen and oxygen atoms in total. The molecule has 0 saturated heterocycles. The van der Waals surface area contributed by atoms with Gasteiger partial charge < -0.3 is 10.2 Å². The van der Waals surface area contributed by atoms with Crippen LogP contribution >= 0.6 is 0 Å². The fourth-order valence-corrected chi connectivity index (χ4v) is 3.28. The summed E-state index contributed by atoms with van der Waals surface area (Å²) in [5, 5.41) is 20.2. The first-order valence-electron chi connectivity index (χ1n) is 10.0. The lowest BCUT2D eigenvalue weighted by Crippen LogP contribution is -2.05. The summed E-state index contributed by atoms with van der Waals surface area (Å²) >= 11 is 0. The third-order valence-electron chi connectivity index (χ3n) is 4.83. The van der Waals surface area contributed by atoms with Gasteiger partial charge in [-0.2, -0.15) is 0 Å². The maximum absolute atomic E-state index is 10.3. The molecule has 1 aromatic carbocycles. The second kappa shape index (κ2) is 9.50. The number of hydrogen-bond donors (Lipinski definition) is 2. The lowest BCUT2D eigenvalue weighted by molar-refractivity contribution is 0.357. The van der Waals surface area contributed by atoms with E-state index in [1.165, 1.54) is 37.7 Å². The molecular weight excluding hydrogens is 308 g/mol. The summed E-state index contributed by atoms with van der Waals surface area (Å²) in [7, 11) is 0. The van der Waals surface area contributed by atoms with Gasteiger partial charge in [0.05, 0.1) is 0 Å². The third-order valence-corrected chi connectivity index (χ3v) is 4.83. The summed E-state index contributed by atoms with van der Waals surface area (Å²) < 4.78 is 0. The Balaban J connectivity index is 2.56. The van der Waals surface area contributed by atoms with E-state index in [1.54, 1.807) is 6.07 Å². The predicted molar refractivity (Wildman–Crippen MR) is 108 cm³/mol. The molecule has 0 aliphatic rings. The maximum atomic E-state index is 10.3. The van der Waals surface area contributed by atoms with E-state index >= 15 is 0 Å².